The highest BCUT2D eigenvalue weighted by Crippen LogP contribution is 2.39. The Kier molecular flexibility index (Phi) is 2.83. The van der Waals surface area contributed by atoms with Gasteiger partial charge in [0.1, 0.15) is 5.82 Å². The lowest BCUT2D eigenvalue weighted by Crippen LogP contribution is -2.21. The van der Waals surface area contributed by atoms with Gasteiger partial charge in [0.15, 0.2) is 0 Å². The number of fused-ring (bicyclic) bond motifs is 1. The van der Waals surface area contributed by atoms with Crippen LogP contribution in [0, 0.1) is 0 Å². The van der Waals surface area contributed by atoms with Gasteiger partial charge < -0.3 is 15.7 Å². The molecule has 3 aromatic rings. The third-order valence-electron chi connectivity index (χ3n) is 3.75. The zero-order chi connectivity index (χ0) is 14.4. The predicted octanol–water partition coefficient (Wildman–Crippen LogP) is 1.84. The van der Waals surface area contributed by atoms with Crippen LogP contribution in [-0.4, -0.2) is 39.5 Å². The minimum atomic E-state index is -0.263. The van der Waals surface area contributed by atoms with Crippen LogP contribution in [0.3, 0.4) is 0 Å². The molecule has 1 atom stereocenters. The molecule has 108 valence electrons. The molecule has 1 saturated heterocycles. The number of aliphatic hydroxyl groups excluding tert-OH is 1. The van der Waals surface area contributed by atoms with Crippen molar-refractivity contribution in [2.24, 2.45) is 0 Å². The van der Waals surface area contributed by atoms with Crippen molar-refractivity contribution in [2.45, 2.75) is 12.5 Å². The van der Waals surface area contributed by atoms with E-state index in [9.17, 15) is 5.11 Å². The van der Waals surface area contributed by atoms with Crippen LogP contribution in [-0.2, 0) is 0 Å². The first-order valence-corrected chi connectivity index (χ1v) is 7.65. The zero-order valence-corrected chi connectivity index (χ0v) is 12.1. The fraction of sp³-hybridized carbons (Fsp3) is 0.286. The maximum Gasteiger partial charge on any atom is 0.126 e. The second kappa shape index (κ2) is 4.71. The largest absolute Gasteiger partial charge is 0.391 e. The summed E-state index contributed by atoms with van der Waals surface area (Å²) in [5.41, 5.74) is 8.86. The number of nitrogen functional groups attached to an aromatic ring is 1. The van der Waals surface area contributed by atoms with E-state index in [4.69, 9.17) is 5.73 Å². The summed E-state index contributed by atoms with van der Waals surface area (Å²) in [5.74, 6) is 0.507. The first kappa shape index (κ1) is 12.6. The van der Waals surface area contributed by atoms with Crippen molar-refractivity contribution in [3.05, 3.63) is 24.4 Å². The molecule has 4 heterocycles. The molecule has 0 bridgehead atoms. The molecule has 4 N–H and O–H groups in total. The van der Waals surface area contributed by atoms with Crippen LogP contribution in [0.15, 0.2) is 24.4 Å². The van der Waals surface area contributed by atoms with E-state index in [1.165, 1.54) is 0 Å². The van der Waals surface area contributed by atoms with Crippen LogP contribution in [0.2, 0.25) is 0 Å². The van der Waals surface area contributed by atoms with E-state index < -0.39 is 0 Å². The summed E-state index contributed by atoms with van der Waals surface area (Å²) >= 11 is 1.67. The monoisotopic (exact) mass is 301 g/mol. The Morgan fingerprint density at radius 3 is 3.05 bits per heavy atom. The predicted molar refractivity (Wildman–Crippen MR) is 84.5 cm³/mol. The second-order valence-corrected chi connectivity index (χ2v) is 6.30. The van der Waals surface area contributed by atoms with Crippen molar-refractivity contribution >= 4 is 33.1 Å². The van der Waals surface area contributed by atoms with Gasteiger partial charge >= 0.3 is 0 Å². The van der Waals surface area contributed by atoms with Gasteiger partial charge in [0, 0.05) is 25.4 Å². The summed E-state index contributed by atoms with van der Waals surface area (Å²) in [7, 11) is 0. The fourth-order valence-corrected chi connectivity index (χ4v) is 3.86. The van der Waals surface area contributed by atoms with Crippen molar-refractivity contribution in [3.63, 3.8) is 0 Å². The molecule has 0 amide bonds. The van der Waals surface area contributed by atoms with Gasteiger partial charge in [-0.15, -0.1) is 11.3 Å². The van der Waals surface area contributed by atoms with Gasteiger partial charge in [-0.25, -0.2) is 4.98 Å². The van der Waals surface area contributed by atoms with E-state index in [1.807, 2.05) is 18.2 Å². The van der Waals surface area contributed by atoms with E-state index in [-0.39, 0.29) is 6.10 Å². The summed E-state index contributed by atoms with van der Waals surface area (Å²) in [5, 5.41) is 16.7. The van der Waals surface area contributed by atoms with Gasteiger partial charge in [0.2, 0.25) is 0 Å². The Balaban J connectivity index is 1.86. The minimum Gasteiger partial charge on any atom is -0.391 e. The smallest absolute Gasteiger partial charge is 0.126 e. The summed E-state index contributed by atoms with van der Waals surface area (Å²) in [6.45, 7) is 1.49. The highest BCUT2D eigenvalue weighted by atomic mass is 32.1. The highest BCUT2D eigenvalue weighted by Gasteiger charge is 2.23. The molecule has 0 unspecified atom stereocenters. The summed E-state index contributed by atoms with van der Waals surface area (Å²) < 4.78 is 1.10. The Hall–Kier alpha value is -2.12. The van der Waals surface area contributed by atoms with E-state index >= 15 is 0 Å². The third-order valence-corrected chi connectivity index (χ3v) is 4.93. The average Bonchev–Trinajstić information content (AvgIpc) is 3.16. The Labute approximate surface area is 125 Å². The number of aromatic nitrogens is 3. The molecule has 3 aromatic heterocycles. The Morgan fingerprint density at radius 1 is 1.43 bits per heavy atom. The molecule has 21 heavy (non-hydrogen) atoms. The minimum absolute atomic E-state index is 0.263. The van der Waals surface area contributed by atoms with E-state index in [1.54, 1.807) is 17.5 Å². The Morgan fingerprint density at radius 2 is 2.33 bits per heavy atom. The standard InChI is InChI=1S/C14H15N5OS/c15-13-6-11(19-4-2-8(20)7-19)14-10(17-13)5-12(21-14)9-1-3-16-18-9/h1,3,5-6,8,20H,2,4,7H2,(H2,15,17)(H,16,18)/t8-/m1/s1. The number of nitrogens with one attached hydrogen (secondary N) is 1. The molecule has 7 heteroatoms. The van der Waals surface area contributed by atoms with Crippen LogP contribution in [0.4, 0.5) is 11.5 Å². The molecular formula is C14H15N5OS. The molecule has 1 aliphatic heterocycles. The van der Waals surface area contributed by atoms with Crippen molar-refractivity contribution in [3.8, 4) is 10.6 Å². The number of β-amino-alcohol motifs (C(OH)–C–C–N with tert-alkyl or cyclic N) is 1. The summed E-state index contributed by atoms with van der Waals surface area (Å²) in [4.78, 5) is 7.69. The van der Waals surface area contributed by atoms with Crippen LogP contribution < -0.4 is 10.6 Å². The number of nitrogens with zero attached hydrogens (tertiary/aromatic N) is 3. The van der Waals surface area contributed by atoms with Gasteiger partial charge in [0.25, 0.3) is 0 Å². The second-order valence-electron chi connectivity index (χ2n) is 5.25. The van der Waals surface area contributed by atoms with Gasteiger partial charge in [-0.05, 0) is 18.6 Å². The van der Waals surface area contributed by atoms with E-state index in [2.05, 4.69) is 20.1 Å². The van der Waals surface area contributed by atoms with Crippen LogP contribution in [0.25, 0.3) is 20.8 Å². The highest BCUT2D eigenvalue weighted by molar-refractivity contribution is 7.22. The number of thiophene rings is 1. The van der Waals surface area contributed by atoms with Gasteiger partial charge in [-0.2, -0.15) is 5.10 Å². The number of nitrogens with two attached hydrogens (primary N) is 1. The Bertz CT molecular complexity index is 782. The number of pyridine rings is 1. The van der Waals surface area contributed by atoms with Gasteiger partial charge in [0.05, 0.1) is 32.6 Å². The van der Waals surface area contributed by atoms with Gasteiger partial charge in [-0.1, -0.05) is 0 Å². The quantitative estimate of drug-likeness (QED) is 0.672. The zero-order valence-electron chi connectivity index (χ0n) is 11.3. The number of aliphatic hydroxyl groups is 1. The van der Waals surface area contributed by atoms with Crippen LogP contribution >= 0.6 is 11.3 Å². The fourth-order valence-electron chi connectivity index (χ4n) is 2.75. The number of hydrogen-bond donors (Lipinski definition) is 3. The SMILES string of the molecule is Nc1cc(N2CC[C@@H](O)C2)c2sc(-c3ccn[nH]3)cc2n1. The van der Waals surface area contributed by atoms with E-state index in [0.717, 1.165) is 39.4 Å². The summed E-state index contributed by atoms with van der Waals surface area (Å²) in [6, 6.07) is 5.86. The van der Waals surface area contributed by atoms with Crippen LogP contribution in [0.5, 0.6) is 0 Å². The average molecular weight is 301 g/mol. The molecule has 0 aromatic carbocycles. The molecule has 0 aliphatic carbocycles. The first-order valence-electron chi connectivity index (χ1n) is 6.83. The van der Waals surface area contributed by atoms with Crippen molar-refractivity contribution in [1.82, 2.24) is 15.2 Å². The molecule has 4 rings (SSSR count). The molecule has 1 fully saturated rings. The first-order chi connectivity index (χ1) is 10.2. The maximum atomic E-state index is 9.76. The van der Waals surface area contributed by atoms with Crippen molar-refractivity contribution < 1.29 is 5.11 Å². The number of H-pyrrole nitrogens is 1. The van der Waals surface area contributed by atoms with Crippen molar-refractivity contribution in [1.29, 1.82) is 0 Å². The lowest BCUT2D eigenvalue weighted by molar-refractivity contribution is 0.198. The molecule has 6 nitrogen and oxygen atoms in total. The summed E-state index contributed by atoms with van der Waals surface area (Å²) in [6.07, 6.45) is 2.27. The maximum absolute atomic E-state index is 9.76. The number of hydrogen-bond acceptors (Lipinski definition) is 6. The molecular weight excluding hydrogens is 286 g/mol. The lowest BCUT2D eigenvalue weighted by atomic mass is 10.3. The number of anilines is 2. The van der Waals surface area contributed by atoms with Crippen molar-refractivity contribution in [2.75, 3.05) is 23.7 Å². The third kappa shape index (κ3) is 2.14. The van der Waals surface area contributed by atoms with E-state index in [0.29, 0.717) is 12.4 Å². The molecule has 0 radical (unpaired) electrons. The lowest BCUT2D eigenvalue weighted by Gasteiger charge is -2.18. The normalized spacial score (nSPS) is 18.7. The topological polar surface area (TPSA) is 91.1 Å². The molecule has 0 spiro atoms. The van der Waals surface area contributed by atoms with Crippen LogP contribution in [0.1, 0.15) is 6.42 Å². The molecule has 1 aliphatic rings. The number of aromatic amines is 1. The molecule has 0 saturated carbocycles. The number of rotatable bonds is 2. The van der Waals surface area contributed by atoms with Gasteiger partial charge in [-0.3, -0.25) is 5.10 Å².